The van der Waals surface area contributed by atoms with E-state index in [0.717, 1.165) is 10.4 Å². The van der Waals surface area contributed by atoms with Gasteiger partial charge in [-0.2, -0.15) is 5.10 Å². The van der Waals surface area contributed by atoms with Crippen LogP contribution in [0.25, 0.3) is 11.3 Å². The standard InChI is InChI=1S/C19H19N3O3S2/c23-19(11-16-7-4-9-26-16)20-18-12-17(14-5-2-1-3-6-14)21-22(18)15-8-10-27(24,25)13-15/h1-7,9,12,15H,8,10-11,13H2,(H,20,23). The van der Waals surface area contributed by atoms with E-state index in [2.05, 4.69) is 10.4 Å². The van der Waals surface area contributed by atoms with Crippen LogP contribution in [0.3, 0.4) is 0 Å². The third-order valence-corrected chi connectivity index (χ3v) is 7.17. The van der Waals surface area contributed by atoms with Crippen molar-refractivity contribution in [1.29, 1.82) is 0 Å². The zero-order valence-corrected chi connectivity index (χ0v) is 16.2. The van der Waals surface area contributed by atoms with E-state index in [0.29, 0.717) is 17.9 Å². The van der Waals surface area contributed by atoms with Crippen LogP contribution in [0.1, 0.15) is 17.3 Å². The fourth-order valence-corrected chi connectivity index (χ4v) is 5.64. The Morgan fingerprint density at radius 3 is 2.70 bits per heavy atom. The van der Waals surface area contributed by atoms with Crippen LogP contribution in [0, 0.1) is 0 Å². The largest absolute Gasteiger partial charge is 0.311 e. The second-order valence-electron chi connectivity index (χ2n) is 6.59. The minimum Gasteiger partial charge on any atom is -0.311 e. The van der Waals surface area contributed by atoms with Crippen molar-refractivity contribution in [1.82, 2.24) is 9.78 Å². The molecule has 140 valence electrons. The van der Waals surface area contributed by atoms with Gasteiger partial charge in [0.05, 0.1) is 29.7 Å². The number of nitrogens with one attached hydrogen (secondary N) is 1. The summed E-state index contributed by atoms with van der Waals surface area (Å²) in [5.41, 5.74) is 1.64. The van der Waals surface area contributed by atoms with Gasteiger partial charge >= 0.3 is 0 Å². The zero-order chi connectivity index (χ0) is 18.9. The van der Waals surface area contributed by atoms with Gasteiger partial charge in [-0.3, -0.25) is 4.79 Å². The van der Waals surface area contributed by atoms with Crippen LogP contribution in [0.2, 0.25) is 0 Å². The van der Waals surface area contributed by atoms with Gasteiger partial charge in [-0.15, -0.1) is 11.3 Å². The van der Waals surface area contributed by atoms with E-state index in [9.17, 15) is 13.2 Å². The first kappa shape index (κ1) is 17.9. The maximum atomic E-state index is 12.5. The lowest BCUT2D eigenvalue weighted by Crippen LogP contribution is -2.20. The Balaban J connectivity index is 1.63. The number of thiophene rings is 1. The third-order valence-electron chi connectivity index (χ3n) is 4.54. The van der Waals surface area contributed by atoms with Crippen LogP contribution < -0.4 is 5.32 Å². The molecule has 1 aliphatic rings. The predicted octanol–water partition coefficient (Wildman–Crippen LogP) is 3.15. The summed E-state index contributed by atoms with van der Waals surface area (Å²) < 4.78 is 25.5. The number of rotatable bonds is 5. The summed E-state index contributed by atoms with van der Waals surface area (Å²) in [5, 5.41) is 9.47. The van der Waals surface area contributed by atoms with Crippen molar-refractivity contribution < 1.29 is 13.2 Å². The zero-order valence-electron chi connectivity index (χ0n) is 14.5. The van der Waals surface area contributed by atoms with Crippen molar-refractivity contribution in [3.8, 4) is 11.3 Å². The van der Waals surface area contributed by atoms with E-state index in [1.807, 2.05) is 53.9 Å². The molecule has 0 bridgehead atoms. The maximum Gasteiger partial charge on any atom is 0.230 e. The first-order chi connectivity index (χ1) is 13.0. The van der Waals surface area contributed by atoms with Gasteiger partial charge in [0.1, 0.15) is 5.82 Å². The molecule has 1 N–H and O–H groups in total. The van der Waals surface area contributed by atoms with Crippen molar-refractivity contribution in [2.24, 2.45) is 0 Å². The van der Waals surface area contributed by atoms with Gasteiger partial charge in [-0.25, -0.2) is 13.1 Å². The predicted molar refractivity (Wildman–Crippen MR) is 107 cm³/mol. The number of amides is 1. The molecular formula is C19H19N3O3S2. The lowest BCUT2D eigenvalue weighted by molar-refractivity contribution is -0.115. The number of sulfone groups is 1. The van der Waals surface area contributed by atoms with E-state index in [1.165, 1.54) is 11.3 Å². The number of hydrogen-bond acceptors (Lipinski definition) is 5. The minimum atomic E-state index is -3.06. The fraction of sp³-hybridized carbons (Fsp3) is 0.263. The number of hydrogen-bond donors (Lipinski definition) is 1. The van der Waals surface area contributed by atoms with Crippen LogP contribution in [-0.2, 0) is 21.1 Å². The molecule has 3 heterocycles. The normalized spacial score (nSPS) is 18.4. The molecule has 1 amide bonds. The van der Waals surface area contributed by atoms with Crippen molar-refractivity contribution >= 4 is 32.9 Å². The van der Waals surface area contributed by atoms with Crippen LogP contribution >= 0.6 is 11.3 Å². The van der Waals surface area contributed by atoms with Gasteiger partial charge in [0, 0.05) is 16.5 Å². The van der Waals surface area contributed by atoms with Gasteiger partial charge in [-0.1, -0.05) is 36.4 Å². The molecule has 0 saturated carbocycles. The van der Waals surface area contributed by atoms with E-state index in [-0.39, 0.29) is 29.9 Å². The second-order valence-corrected chi connectivity index (χ2v) is 9.85. The Labute approximate surface area is 161 Å². The van der Waals surface area contributed by atoms with E-state index >= 15 is 0 Å². The van der Waals surface area contributed by atoms with Gasteiger partial charge < -0.3 is 5.32 Å². The van der Waals surface area contributed by atoms with Gasteiger partial charge in [-0.05, 0) is 17.9 Å². The molecule has 2 aromatic heterocycles. The minimum absolute atomic E-state index is 0.0523. The van der Waals surface area contributed by atoms with Crippen molar-refractivity contribution in [3.05, 3.63) is 58.8 Å². The molecule has 6 nitrogen and oxygen atoms in total. The summed E-state index contributed by atoms with van der Waals surface area (Å²) in [6, 6.07) is 15.0. The summed E-state index contributed by atoms with van der Waals surface area (Å²) in [5.74, 6) is 0.605. The Morgan fingerprint density at radius 1 is 1.22 bits per heavy atom. The molecule has 0 aliphatic carbocycles. The molecule has 0 radical (unpaired) electrons. The summed E-state index contributed by atoms with van der Waals surface area (Å²) >= 11 is 1.53. The van der Waals surface area contributed by atoms with E-state index < -0.39 is 9.84 Å². The Bertz CT molecular complexity index is 1040. The fourth-order valence-electron chi connectivity index (χ4n) is 3.24. The number of nitrogens with zero attached hydrogens (tertiary/aromatic N) is 2. The quantitative estimate of drug-likeness (QED) is 0.712. The Morgan fingerprint density at radius 2 is 2.04 bits per heavy atom. The van der Waals surface area contributed by atoms with Crippen LogP contribution in [0.15, 0.2) is 53.9 Å². The molecule has 4 rings (SSSR count). The number of benzene rings is 1. The highest BCUT2D eigenvalue weighted by Crippen LogP contribution is 2.30. The molecule has 1 saturated heterocycles. The molecule has 1 fully saturated rings. The third kappa shape index (κ3) is 4.12. The molecule has 1 unspecified atom stereocenters. The van der Waals surface area contributed by atoms with Crippen LogP contribution in [0.5, 0.6) is 0 Å². The topological polar surface area (TPSA) is 81.1 Å². The van der Waals surface area contributed by atoms with Gasteiger partial charge in [0.2, 0.25) is 5.91 Å². The summed E-state index contributed by atoms with van der Waals surface area (Å²) in [7, 11) is -3.06. The molecular weight excluding hydrogens is 382 g/mol. The second kappa shape index (κ2) is 7.28. The van der Waals surface area contributed by atoms with Crippen LogP contribution in [-0.4, -0.2) is 35.6 Å². The van der Waals surface area contributed by atoms with Gasteiger partial charge in [0.25, 0.3) is 0 Å². The SMILES string of the molecule is O=C(Cc1cccs1)Nc1cc(-c2ccccc2)nn1C1CCS(=O)(=O)C1. The first-order valence-electron chi connectivity index (χ1n) is 8.68. The van der Waals surface area contributed by atoms with E-state index in [4.69, 9.17) is 0 Å². The lowest BCUT2D eigenvalue weighted by atomic mass is 10.1. The number of aromatic nitrogens is 2. The number of carbonyl (C=O) groups is 1. The highest BCUT2D eigenvalue weighted by Gasteiger charge is 2.31. The highest BCUT2D eigenvalue weighted by atomic mass is 32.2. The Kier molecular flexibility index (Phi) is 4.84. The molecule has 1 atom stereocenters. The molecule has 1 aromatic carbocycles. The van der Waals surface area contributed by atoms with E-state index in [1.54, 1.807) is 4.68 Å². The monoisotopic (exact) mass is 401 g/mol. The van der Waals surface area contributed by atoms with Crippen LogP contribution in [0.4, 0.5) is 5.82 Å². The molecule has 3 aromatic rings. The van der Waals surface area contributed by atoms with Crippen molar-refractivity contribution in [2.45, 2.75) is 18.9 Å². The molecule has 1 aliphatic heterocycles. The summed E-state index contributed by atoms with van der Waals surface area (Å²) in [6.07, 6.45) is 0.790. The average Bonchev–Trinajstić information content (AvgIpc) is 3.36. The van der Waals surface area contributed by atoms with Crippen molar-refractivity contribution in [3.63, 3.8) is 0 Å². The first-order valence-corrected chi connectivity index (χ1v) is 11.4. The molecule has 0 spiro atoms. The summed E-state index contributed by atoms with van der Waals surface area (Å²) in [4.78, 5) is 13.4. The number of anilines is 1. The average molecular weight is 402 g/mol. The van der Waals surface area contributed by atoms with Crippen molar-refractivity contribution in [2.75, 3.05) is 16.8 Å². The molecule has 8 heteroatoms. The summed E-state index contributed by atoms with van der Waals surface area (Å²) in [6.45, 7) is 0. The van der Waals surface area contributed by atoms with Gasteiger partial charge in [0.15, 0.2) is 9.84 Å². The maximum absolute atomic E-state index is 12.5. The highest BCUT2D eigenvalue weighted by molar-refractivity contribution is 7.91. The molecule has 27 heavy (non-hydrogen) atoms. The number of carbonyl (C=O) groups excluding carboxylic acids is 1. The lowest BCUT2D eigenvalue weighted by Gasteiger charge is -2.13. The Hall–Kier alpha value is -2.45. The smallest absolute Gasteiger partial charge is 0.230 e.